The van der Waals surface area contributed by atoms with Gasteiger partial charge in [0, 0.05) is 39.6 Å². The van der Waals surface area contributed by atoms with Gasteiger partial charge in [-0.25, -0.2) is 0 Å². The van der Waals surface area contributed by atoms with Crippen molar-refractivity contribution in [3.63, 3.8) is 0 Å². The van der Waals surface area contributed by atoms with E-state index in [1.807, 2.05) is 0 Å². The van der Waals surface area contributed by atoms with Crippen molar-refractivity contribution < 1.29 is 0 Å². The van der Waals surface area contributed by atoms with Crippen LogP contribution in [0.4, 0.5) is 0 Å². The second-order valence-electron chi connectivity index (χ2n) is 15.0. The third kappa shape index (κ3) is 2.71. The molecule has 0 saturated heterocycles. The number of rotatable bonds is 0. The first-order valence-corrected chi connectivity index (χ1v) is 17.6. The molecule has 1 aliphatic heterocycles. The van der Waals surface area contributed by atoms with E-state index in [2.05, 4.69) is 126 Å². The minimum Gasteiger partial charge on any atom is -0.312 e. The lowest BCUT2D eigenvalue weighted by Gasteiger charge is -2.42. The number of aromatic nitrogens is 1. The van der Waals surface area contributed by atoms with Crippen molar-refractivity contribution in [2.24, 2.45) is 17.8 Å². The molecule has 1 saturated carbocycles. The number of hydrogen-bond acceptors (Lipinski definition) is 0. The molecule has 2 heterocycles. The zero-order chi connectivity index (χ0) is 29.7. The Morgan fingerprint density at radius 1 is 0.739 bits per heavy atom. The lowest BCUT2D eigenvalue weighted by atomic mass is 9.59. The van der Waals surface area contributed by atoms with Crippen molar-refractivity contribution in [1.82, 2.24) is 4.57 Å². The molecule has 6 unspecified atom stereocenters. The first-order chi connectivity index (χ1) is 22.8. The number of hydrogen-bond donors (Lipinski definition) is 0. The standard InChI is InChI=1S/C45H35N/c1-3-13-28-23-40-33(21-26(28)11-1)35-25-34-32-17-7-10-20-39(32)45(37-18-8-5-15-30(37)31-16-6-9-19-38(31)45)43(34)42-36-22-27-12-2-4-14-29(27)24-41(36)46(40)44(35)42/h2,4-10,12,14-15,17-26,28,31,42-43H,1,3,11,13,16H2. The van der Waals surface area contributed by atoms with Crippen LogP contribution in [0.25, 0.3) is 40.3 Å². The molecule has 1 fully saturated rings. The fraction of sp³-hybridized carbons (Fsp3) is 0.244. The largest absolute Gasteiger partial charge is 0.312 e. The van der Waals surface area contributed by atoms with Crippen LogP contribution in [0.2, 0.25) is 0 Å². The van der Waals surface area contributed by atoms with Gasteiger partial charge in [-0.1, -0.05) is 116 Å². The highest BCUT2D eigenvalue weighted by Gasteiger charge is 2.63. The minimum absolute atomic E-state index is 0.179. The van der Waals surface area contributed by atoms with E-state index in [1.54, 1.807) is 22.4 Å². The van der Waals surface area contributed by atoms with E-state index in [0.29, 0.717) is 23.7 Å². The Morgan fingerprint density at radius 2 is 1.50 bits per heavy atom. The van der Waals surface area contributed by atoms with E-state index in [0.717, 1.165) is 6.42 Å². The summed E-state index contributed by atoms with van der Waals surface area (Å²) < 4.78 is 2.75. The molecule has 220 valence electrons. The van der Waals surface area contributed by atoms with Gasteiger partial charge in [-0.05, 0) is 99.0 Å². The molecule has 1 nitrogen and oxygen atoms in total. The zero-order valence-corrected chi connectivity index (χ0v) is 25.9. The van der Waals surface area contributed by atoms with Gasteiger partial charge in [0.15, 0.2) is 0 Å². The van der Waals surface area contributed by atoms with Crippen LogP contribution in [-0.4, -0.2) is 4.57 Å². The van der Waals surface area contributed by atoms with Gasteiger partial charge < -0.3 is 4.57 Å². The summed E-state index contributed by atoms with van der Waals surface area (Å²) in [4.78, 5) is 0. The third-order valence-electron chi connectivity index (χ3n) is 13.2. The van der Waals surface area contributed by atoms with E-state index in [9.17, 15) is 0 Å². The Labute approximate surface area is 269 Å². The zero-order valence-electron chi connectivity index (χ0n) is 25.9. The maximum absolute atomic E-state index is 2.75. The van der Waals surface area contributed by atoms with Crippen LogP contribution in [0.5, 0.6) is 0 Å². The molecule has 0 amide bonds. The molecule has 0 radical (unpaired) electrons. The van der Waals surface area contributed by atoms with Gasteiger partial charge in [0.25, 0.3) is 0 Å². The second-order valence-corrected chi connectivity index (χ2v) is 15.0. The quantitative estimate of drug-likeness (QED) is 0.170. The summed E-state index contributed by atoms with van der Waals surface area (Å²) >= 11 is 0. The first kappa shape index (κ1) is 24.6. The van der Waals surface area contributed by atoms with Gasteiger partial charge in [-0.3, -0.25) is 0 Å². The SMILES string of the molecule is C1=CCC2C(=C1)C1(c3ccccc3C3=Cc4c5n(c6c4=CC4CCCCC4C=6)-c4cc6ccccc6cc4C5C31)c1ccccc12. The van der Waals surface area contributed by atoms with Crippen LogP contribution in [0.3, 0.4) is 0 Å². The van der Waals surface area contributed by atoms with E-state index >= 15 is 0 Å². The number of nitrogens with zero attached hydrogens (tertiary/aromatic N) is 1. The maximum Gasteiger partial charge on any atom is 0.0507 e. The molecular weight excluding hydrogens is 555 g/mol. The predicted octanol–water partition coefficient (Wildman–Crippen LogP) is 8.91. The molecule has 1 heteroatoms. The van der Waals surface area contributed by atoms with Gasteiger partial charge in [0.2, 0.25) is 0 Å². The van der Waals surface area contributed by atoms with Crippen molar-refractivity contribution in [3.05, 3.63) is 158 Å². The predicted molar refractivity (Wildman–Crippen MR) is 188 cm³/mol. The highest BCUT2D eigenvalue weighted by Crippen LogP contribution is 2.71. The first-order valence-electron chi connectivity index (χ1n) is 17.6. The average molecular weight is 590 g/mol. The van der Waals surface area contributed by atoms with E-state index in [1.165, 1.54) is 80.5 Å². The lowest BCUT2D eigenvalue weighted by Crippen LogP contribution is -2.38. The molecule has 6 atom stereocenters. The van der Waals surface area contributed by atoms with Gasteiger partial charge in [0.1, 0.15) is 0 Å². The third-order valence-corrected chi connectivity index (χ3v) is 13.2. The van der Waals surface area contributed by atoms with Crippen molar-refractivity contribution in [2.45, 2.75) is 49.4 Å². The molecule has 12 rings (SSSR count). The molecular formula is C45H35N. The molecule has 5 aromatic rings. The Bertz CT molecular complexity index is 2440. The highest BCUT2D eigenvalue weighted by molar-refractivity contribution is 5.98. The summed E-state index contributed by atoms with van der Waals surface area (Å²) in [5.74, 6) is 2.38. The fourth-order valence-corrected chi connectivity index (χ4v) is 11.6. The molecule has 7 aliphatic rings. The van der Waals surface area contributed by atoms with Crippen molar-refractivity contribution >= 4 is 34.6 Å². The van der Waals surface area contributed by atoms with Crippen LogP contribution in [-0.2, 0) is 5.41 Å². The number of allylic oxidation sites excluding steroid dienone is 5. The molecule has 6 aliphatic carbocycles. The normalized spacial score (nSPS) is 29.7. The van der Waals surface area contributed by atoms with Crippen molar-refractivity contribution in [2.75, 3.05) is 0 Å². The molecule has 0 bridgehead atoms. The van der Waals surface area contributed by atoms with E-state index < -0.39 is 0 Å². The molecule has 46 heavy (non-hydrogen) atoms. The number of benzene rings is 4. The van der Waals surface area contributed by atoms with Gasteiger partial charge >= 0.3 is 0 Å². The summed E-state index contributed by atoms with van der Waals surface area (Å²) in [5.41, 5.74) is 15.0. The molecule has 0 N–H and O–H groups in total. The van der Waals surface area contributed by atoms with Gasteiger partial charge in [-0.2, -0.15) is 0 Å². The molecule has 1 spiro atoms. The van der Waals surface area contributed by atoms with Crippen LogP contribution in [0.15, 0.2) is 109 Å². The van der Waals surface area contributed by atoms with E-state index in [-0.39, 0.29) is 11.3 Å². The summed E-state index contributed by atoms with van der Waals surface area (Å²) in [6.07, 6.45) is 21.8. The van der Waals surface area contributed by atoms with Gasteiger partial charge in [0.05, 0.1) is 11.1 Å². The highest BCUT2D eigenvalue weighted by atomic mass is 15.0. The van der Waals surface area contributed by atoms with Crippen molar-refractivity contribution in [1.29, 1.82) is 0 Å². The molecule has 4 aromatic carbocycles. The maximum atomic E-state index is 2.75. The Morgan fingerprint density at radius 3 is 2.39 bits per heavy atom. The summed E-state index contributed by atoms with van der Waals surface area (Å²) in [5, 5.41) is 5.68. The van der Waals surface area contributed by atoms with Crippen LogP contribution < -0.4 is 10.6 Å². The van der Waals surface area contributed by atoms with Crippen LogP contribution >= 0.6 is 0 Å². The number of fused-ring (bicyclic) bond motifs is 19. The van der Waals surface area contributed by atoms with Crippen molar-refractivity contribution in [3.8, 4) is 5.69 Å². The van der Waals surface area contributed by atoms with E-state index in [4.69, 9.17) is 0 Å². The Hall–Kier alpha value is -4.62. The Balaban J connectivity index is 1.25. The van der Waals surface area contributed by atoms with Crippen LogP contribution in [0, 0.1) is 17.8 Å². The summed E-state index contributed by atoms with van der Waals surface area (Å²) in [6, 6.07) is 33.1. The summed E-state index contributed by atoms with van der Waals surface area (Å²) in [6.45, 7) is 0. The smallest absolute Gasteiger partial charge is 0.0507 e. The average Bonchev–Trinajstić information content (AvgIpc) is 3.80. The van der Waals surface area contributed by atoms with Gasteiger partial charge in [-0.15, -0.1) is 0 Å². The minimum atomic E-state index is -0.179. The monoisotopic (exact) mass is 589 g/mol. The summed E-state index contributed by atoms with van der Waals surface area (Å²) in [7, 11) is 0. The Kier molecular flexibility index (Phi) is 4.49. The van der Waals surface area contributed by atoms with Crippen LogP contribution in [0.1, 0.15) is 83.0 Å². The topological polar surface area (TPSA) is 4.93 Å². The second kappa shape index (κ2) is 8.39. The molecule has 1 aromatic heterocycles. The lowest BCUT2D eigenvalue weighted by molar-refractivity contribution is 0.365. The fourth-order valence-electron chi connectivity index (χ4n) is 11.6.